The third kappa shape index (κ3) is 3.29. The number of hydrogen-bond acceptors (Lipinski definition) is 3. The van der Waals surface area contributed by atoms with Crippen LogP contribution in [0, 0.1) is 6.92 Å². The highest BCUT2D eigenvalue weighted by molar-refractivity contribution is 6.31. The summed E-state index contributed by atoms with van der Waals surface area (Å²) in [4.78, 5) is 14.6. The molecular formula is C19H18ClFN3O2-. The molecule has 3 aliphatic heterocycles. The van der Waals surface area contributed by atoms with E-state index in [0.29, 0.717) is 35.8 Å². The van der Waals surface area contributed by atoms with Crippen molar-refractivity contribution in [2.45, 2.75) is 19.6 Å². The van der Waals surface area contributed by atoms with Gasteiger partial charge in [0.2, 0.25) is 0 Å². The van der Waals surface area contributed by atoms with Crippen LogP contribution in [0.3, 0.4) is 0 Å². The summed E-state index contributed by atoms with van der Waals surface area (Å²) in [5.41, 5.74) is 3.06. The molecule has 1 amide bonds. The first-order chi connectivity index (χ1) is 12.5. The standard InChI is InChI=1S/C19H18ClFN3O2/c1-11-6-12(8-13(20)7-11)19(25)24-5-4-17-16(10-24)23-18(26-17)15-3-2-14(21)9-22-15/h2-3,6-8,18,23H,4-5,9-10H2,1H3/q-1. The molecule has 0 spiro atoms. The smallest absolute Gasteiger partial charge is 0.254 e. The number of rotatable bonds is 2. The second-order valence-electron chi connectivity index (χ2n) is 6.56. The molecule has 0 aromatic heterocycles. The largest absolute Gasteiger partial charge is 0.678 e. The predicted molar refractivity (Wildman–Crippen MR) is 97.2 cm³/mol. The van der Waals surface area contributed by atoms with Crippen LogP contribution < -0.4 is 5.32 Å². The van der Waals surface area contributed by atoms with Crippen molar-refractivity contribution in [3.63, 3.8) is 0 Å². The first-order valence-electron chi connectivity index (χ1n) is 8.45. The molecule has 0 aliphatic carbocycles. The minimum atomic E-state index is -0.423. The average molecular weight is 375 g/mol. The lowest BCUT2D eigenvalue weighted by atomic mass is 10.1. The van der Waals surface area contributed by atoms with Crippen LogP contribution in [0.2, 0.25) is 5.02 Å². The van der Waals surface area contributed by atoms with Gasteiger partial charge < -0.3 is 20.3 Å². The van der Waals surface area contributed by atoms with Gasteiger partial charge in [0.1, 0.15) is 5.76 Å². The van der Waals surface area contributed by atoms with E-state index in [2.05, 4.69) is 10.6 Å². The van der Waals surface area contributed by atoms with E-state index in [9.17, 15) is 9.18 Å². The van der Waals surface area contributed by atoms with Gasteiger partial charge in [-0.1, -0.05) is 24.2 Å². The Morgan fingerprint density at radius 2 is 2.23 bits per heavy atom. The van der Waals surface area contributed by atoms with E-state index >= 15 is 0 Å². The first-order valence-corrected chi connectivity index (χ1v) is 8.83. The molecule has 1 aromatic carbocycles. The maximum absolute atomic E-state index is 13.1. The summed E-state index contributed by atoms with van der Waals surface area (Å²) in [6, 6.07) is 5.35. The van der Waals surface area contributed by atoms with Crippen LogP contribution in [0.5, 0.6) is 0 Å². The van der Waals surface area contributed by atoms with Crippen LogP contribution in [0.15, 0.2) is 53.3 Å². The van der Waals surface area contributed by atoms with Gasteiger partial charge >= 0.3 is 0 Å². The zero-order valence-corrected chi connectivity index (χ0v) is 15.0. The molecule has 1 unspecified atom stereocenters. The lowest BCUT2D eigenvalue weighted by Gasteiger charge is -2.31. The molecule has 0 bridgehead atoms. The van der Waals surface area contributed by atoms with Gasteiger partial charge in [0.15, 0.2) is 6.23 Å². The van der Waals surface area contributed by atoms with Crippen LogP contribution in [0.4, 0.5) is 4.39 Å². The Labute approximate surface area is 156 Å². The van der Waals surface area contributed by atoms with Crippen LogP contribution >= 0.6 is 11.6 Å². The lowest BCUT2D eigenvalue weighted by molar-refractivity contribution is 0.0750. The van der Waals surface area contributed by atoms with Crippen molar-refractivity contribution >= 4 is 17.5 Å². The quantitative estimate of drug-likeness (QED) is 0.857. The predicted octanol–water partition coefficient (Wildman–Crippen LogP) is 3.78. The van der Waals surface area contributed by atoms with Crippen molar-refractivity contribution in [2.75, 3.05) is 19.6 Å². The molecule has 1 N–H and O–H groups in total. The third-order valence-electron chi connectivity index (χ3n) is 4.55. The monoisotopic (exact) mass is 374 g/mol. The Bertz CT molecular complexity index is 842. The van der Waals surface area contributed by atoms with Gasteiger partial charge in [-0.15, -0.1) is 5.70 Å². The Morgan fingerprint density at radius 3 is 2.96 bits per heavy atom. The number of halogens is 2. The van der Waals surface area contributed by atoms with E-state index < -0.39 is 6.23 Å². The Morgan fingerprint density at radius 1 is 1.38 bits per heavy atom. The maximum atomic E-state index is 13.1. The van der Waals surface area contributed by atoms with Crippen LogP contribution in [-0.4, -0.2) is 36.7 Å². The third-order valence-corrected chi connectivity index (χ3v) is 4.77. The van der Waals surface area contributed by atoms with E-state index in [4.69, 9.17) is 16.3 Å². The molecule has 4 rings (SSSR count). The number of ether oxygens (including phenoxy) is 1. The van der Waals surface area contributed by atoms with Crippen LogP contribution in [0.1, 0.15) is 22.3 Å². The fraction of sp³-hybridized carbons (Fsp3) is 0.316. The molecule has 0 fully saturated rings. The number of aryl methyl sites for hydroxylation is 1. The highest BCUT2D eigenvalue weighted by Crippen LogP contribution is 2.31. The van der Waals surface area contributed by atoms with Crippen LogP contribution in [-0.2, 0) is 4.74 Å². The minimum absolute atomic E-state index is 0.0385. The summed E-state index contributed by atoms with van der Waals surface area (Å²) in [6.45, 7) is 2.96. The van der Waals surface area contributed by atoms with Gasteiger partial charge in [-0.05, 0) is 36.8 Å². The molecule has 1 aromatic rings. The Kier molecular flexibility index (Phi) is 4.36. The van der Waals surface area contributed by atoms with Gasteiger partial charge in [0.25, 0.3) is 5.91 Å². The topological polar surface area (TPSA) is 55.7 Å². The normalized spacial score (nSPS) is 22.0. The van der Waals surface area contributed by atoms with Crippen molar-refractivity contribution in [3.05, 3.63) is 74.8 Å². The summed E-state index contributed by atoms with van der Waals surface area (Å²) < 4.78 is 19.0. The van der Waals surface area contributed by atoms with Crippen molar-refractivity contribution in [3.8, 4) is 0 Å². The van der Waals surface area contributed by atoms with Gasteiger partial charge in [0.05, 0.1) is 18.1 Å². The Hall–Kier alpha value is -2.47. The van der Waals surface area contributed by atoms with Crippen molar-refractivity contribution in [2.24, 2.45) is 0 Å². The summed E-state index contributed by atoms with van der Waals surface area (Å²) in [5, 5.41) is 7.99. The second-order valence-corrected chi connectivity index (χ2v) is 7.00. The van der Waals surface area contributed by atoms with Crippen LogP contribution in [0.25, 0.3) is 5.32 Å². The zero-order valence-electron chi connectivity index (χ0n) is 14.3. The van der Waals surface area contributed by atoms with Gasteiger partial charge in [0, 0.05) is 23.6 Å². The molecule has 5 nitrogen and oxygen atoms in total. The molecule has 26 heavy (non-hydrogen) atoms. The molecule has 7 heteroatoms. The number of benzene rings is 1. The molecule has 1 atom stereocenters. The Balaban J connectivity index is 1.46. The van der Waals surface area contributed by atoms with E-state index in [0.717, 1.165) is 17.0 Å². The fourth-order valence-electron chi connectivity index (χ4n) is 3.30. The van der Waals surface area contributed by atoms with E-state index in [1.165, 1.54) is 6.08 Å². The average Bonchev–Trinajstić information content (AvgIpc) is 3.04. The maximum Gasteiger partial charge on any atom is 0.254 e. The summed E-state index contributed by atoms with van der Waals surface area (Å²) in [5.74, 6) is 0.518. The van der Waals surface area contributed by atoms with Crippen molar-refractivity contribution in [1.29, 1.82) is 0 Å². The number of nitrogens with zero attached hydrogens (tertiary/aromatic N) is 2. The first kappa shape index (κ1) is 17.0. The minimum Gasteiger partial charge on any atom is -0.678 e. The number of amides is 1. The molecule has 3 heterocycles. The molecule has 136 valence electrons. The summed E-state index contributed by atoms with van der Waals surface area (Å²) >= 11 is 6.08. The van der Waals surface area contributed by atoms with Gasteiger partial charge in [-0.25, -0.2) is 4.39 Å². The number of carbonyl (C=O) groups excluding carboxylic acids is 1. The SMILES string of the molecule is Cc1cc(Cl)cc(C(=O)N2CCC3=C(C2)NC(C2=CC=C(F)C[N-]2)O3)c1. The van der Waals surface area contributed by atoms with E-state index in [1.807, 2.05) is 19.1 Å². The number of nitrogens with one attached hydrogen (secondary N) is 1. The van der Waals surface area contributed by atoms with Gasteiger partial charge in [-0.3, -0.25) is 4.79 Å². The summed E-state index contributed by atoms with van der Waals surface area (Å²) in [7, 11) is 0. The number of allylic oxidation sites excluding steroid dienone is 2. The van der Waals surface area contributed by atoms with E-state index in [-0.39, 0.29) is 18.3 Å². The lowest BCUT2D eigenvalue weighted by Crippen LogP contribution is -2.39. The number of carbonyl (C=O) groups is 1. The molecule has 0 saturated heterocycles. The second kappa shape index (κ2) is 6.68. The van der Waals surface area contributed by atoms with E-state index in [1.54, 1.807) is 17.0 Å². The van der Waals surface area contributed by atoms with Gasteiger partial charge in [-0.2, -0.15) is 0 Å². The number of hydrogen-bond donors (Lipinski definition) is 1. The summed E-state index contributed by atoms with van der Waals surface area (Å²) in [6.07, 6.45) is 3.23. The molecule has 0 radical (unpaired) electrons. The highest BCUT2D eigenvalue weighted by Gasteiger charge is 2.32. The molecule has 0 saturated carbocycles. The molecular weight excluding hydrogens is 357 g/mol. The molecule has 3 aliphatic rings. The van der Waals surface area contributed by atoms with Crippen molar-refractivity contribution in [1.82, 2.24) is 10.2 Å². The zero-order chi connectivity index (χ0) is 18.3. The highest BCUT2D eigenvalue weighted by atomic mass is 35.5. The van der Waals surface area contributed by atoms with Crippen molar-refractivity contribution < 1.29 is 13.9 Å². The fourth-order valence-corrected chi connectivity index (χ4v) is 3.59.